The van der Waals surface area contributed by atoms with Gasteiger partial charge in [-0.15, -0.1) is 0 Å². The number of hydrogen-bond donors (Lipinski definition) is 1. The van der Waals surface area contributed by atoms with Gasteiger partial charge in [0.05, 0.1) is 10.8 Å². The van der Waals surface area contributed by atoms with E-state index in [4.69, 9.17) is 28.8 Å². The van der Waals surface area contributed by atoms with Crippen molar-refractivity contribution in [2.45, 2.75) is 99.4 Å². The SMILES string of the molecule is CCC(C)(COC(=O)[C@H](C)OC(=O)[C@H](C)OC(=O)C(C)(CC)COC(=O)CCC(C)CCO)C(=O)OCc1ccccc1. The van der Waals surface area contributed by atoms with E-state index in [1.54, 1.807) is 27.7 Å². The number of carbonyl (C=O) groups is 5. The fourth-order valence-corrected chi connectivity index (χ4v) is 3.57. The molecule has 1 rings (SSSR count). The molecule has 0 aliphatic heterocycles. The highest BCUT2D eigenvalue weighted by Gasteiger charge is 2.38. The molecule has 0 aliphatic rings. The molecular weight excluding hydrogens is 560 g/mol. The minimum atomic E-state index is -1.35. The van der Waals surface area contributed by atoms with Gasteiger partial charge in [0.25, 0.3) is 0 Å². The number of benzene rings is 1. The second-order valence-electron chi connectivity index (χ2n) is 11.4. The summed E-state index contributed by atoms with van der Waals surface area (Å²) in [5, 5.41) is 8.98. The average Bonchev–Trinajstić information content (AvgIpc) is 3.00. The van der Waals surface area contributed by atoms with Crippen molar-refractivity contribution < 1.29 is 52.8 Å². The van der Waals surface area contributed by atoms with E-state index in [0.717, 1.165) is 5.56 Å². The van der Waals surface area contributed by atoms with Crippen LogP contribution in [0.1, 0.15) is 86.1 Å². The monoisotopic (exact) mass is 608 g/mol. The Morgan fingerprint density at radius 3 is 1.88 bits per heavy atom. The Kier molecular flexibility index (Phi) is 15.9. The van der Waals surface area contributed by atoms with E-state index in [1.165, 1.54) is 13.8 Å². The highest BCUT2D eigenvalue weighted by Crippen LogP contribution is 2.26. The predicted octanol–water partition coefficient (Wildman–Crippen LogP) is 4.31. The largest absolute Gasteiger partial charge is 0.464 e. The maximum absolute atomic E-state index is 12.9. The van der Waals surface area contributed by atoms with Crippen LogP contribution in [0.5, 0.6) is 0 Å². The zero-order valence-corrected chi connectivity index (χ0v) is 26.5. The standard InChI is InChI=1S/C32H48O11/c1-8-31(6,29(37)39-19-25-13-11-10-12-14-25)21-41-27(35)23(4)42-28(36)24(5)43-30(38)32(7,9-2)20-40-26(34)16-15-22(3)17-18-33/h10-14,22-24,33H,8-9,15-21H2,1-7H3/t22?,23-,24-,31?,32?/m0/s1. The average molecular weight is 609 g/mol. The molecule has 1 N–H and O–H groups in total. The molecule has 0 saturated heterocycles. The first-order valence-electron chi connectivity index (χ1n) is 14.8. The maximum Gasteiger partial charge on any atom is 0.347 e. The molecule has 43 heavy (non-hydrogen) atoms. The third-order valence-corrected chi connectivity index (χ3v) is 7.55. The minimum Gasteiger partial charge on any atom is -0.464 e. The number of rotatable bonds is 19. The van der Waals surface area contributed by atoms with Crippen molar-refractivity contribution in [3.05, 3.63) is 35.9 Å². The van der Waals surface area contributed by atoms with Gasteiger partial charge in [0.2, 0.25) is 0 Å². The van der Waals surface area contributed by atoms with Gasteiger partial charge in [0, 0.05) is 13.0 Å². The van der Waals surface area contributed by atoms with E-state index in [2.05, 4.69) is 0 Å². The van der Waals surface area contributed by atoms with Crippen LogP contribution in [0, 0.1) is 16.7 Å². The molecular formula is C32H48O11. The Morgan fingerprint density at radius 1 is 0.744 bits per heavy atom. The molecule has 3 unspecified atom stereocenters. The number of hydrogen-bond acceptors (Lipinski definition) is 11. The number of ether oxygens (including phenoxy) is 5. The van der Waals surface area contributed by atoms with Crippen molar-refractivity contribution in [1.29, 1.82) is 0 Å². The van der Waals surface area contributed by atoms with E-state index in [9.17, 15) is 24.0 Å². The van der Waals surface area contributed by atoms with Gasteiger partial charge in [0.1, 0.15) is 19.8 Å². The lowest BCUT2D eigenvalue weighted by Crippen LogP contribution is -2.40. The lowest BCUT2D eigenvalue weighted by Gasteiger charge is -2.27. The van der Waals surface area contributed by atoms with Gasteiger partial charge in [-0.25, -0.2) is 9.59 Å². The van der Waals surface area contributed by atoms with Gasteiger partial charge in [-0.05, 0) is 64.9 Å². The second-order valence-corrected chi connectivity index (χ2v) is 11.4. The molecule has 11 heteroatoms. The van der Waals surface area contributed by atoms with Crippen LogP contribution >= 0.6 is 0 Å². The first-order valence-corrected chi connectivity index (χ1v) is 14.8. The summed E-state index contributed by atoms with van der Waals surface area (Å²) in [6, 6.07) is 9.17. The minimum absolute atomic E-state index is 0.0425. The molecule has 0 amide bonds. The quantitative estimate of drug-likeness (QED) is 0.177. The number of carbonyl (C=O) groups excluding carboxylic acids is 5. The maximum atomic E-state index is 12.9. The topological polar surface area (TPSA) is 152 Å². The van der Waals surface area contributed by atoms with Gasteiger partial charge < -0.3 is 28.8 Å². The Labute approximate surface area is 254 Å². The van der Waals surface area contributed by atoms with Gasteiger partial charge in [0.15, 0.2) is 12.2 Å². The highest BCUT2D eigenvalue weighted by molar-refractivity contribution is 5.84. The number of esters is 5. The molecule has 1 aromatic carbocycles. The van der Waals surface area contributed by atoms with Crippen LogP contribution in [0.15, 0.2) is 30.3 Å². The van der Waals surface area contributed by atoms with Gasteiger partial charge in [-0.2, -0.15) is 0 Å². The molecule has 0 heterocycles. The lowest BCUT2D eigenvalue weighted by molar-refractivity contribution is -0.183. The molecule has 0 spiro atoms. The number of aliphatic hydroxyl groups excluding tert-OH is 1. The number of aliphatic hydroxyl groups is 1. The van der Waals surface area contributed by atoms with Crippen molar-refractivity contribution >= 4 is 29.8 Å². The van der Waals surface area contributed by atoms with Crippen molar-refractivity contribution in [3.8, 4) is 0 Å². The zero-order chi connectivity index (χ0) is 32.6. The van der Waals surface area contributed by atoms with Crippen LogP contribution in [-0.4, -0.2) is 67.0 Å². The van der Waals surface area contributed by atoms with Gasteiger partial charge in [-0.3, -0.25) is 14.4 Å². The third-order valence-electron chi connectivity index (χ3n) is 7.55. The normalized spacial score (nSPS) is 15.9. The summed E-state index contributed by atoms with van der Waals surface area (Å²) in [6.45, 7) is 10.8. The van der Waals surface area contributed by atoms with Gasteiger partial charge in [-0.1, -0.05) is 51.1 Å². The van der Waals surface area contributed by atoms with Crippen LogP contribution in [0.2, 0.25) is 0 Å². The molecule has 1 aromatic rings. The van der Waals surface area contributed by atoms with Crippen LogP contribution in [0.25, 0.3) is 0 Å². The van der Waals surface area contributed by atoms with E-state index >= 15 is 0 Å². The molecule has 11 nitrogen and oxygen atoms in total. The van der Waals surface area contributed by atoms with Crippen molar-refractivity contribution in [2.24, 2.45) is 16.7 Å². The summed E-state index contributed by atoms with van der Waals surface area (Å²) in [4.78, 5) is 62.8. The molecule has 5 atom stereocenters. The summed E-state index contributed by atoms with van der Waals surface area (Å²) in [5.41, 5.74) is -1.49. The summed E-state index contributed by atoms with van der Waals surface area (Å²) in [6.07, 6.45) is -0.791. The fraction of sp³-hybridized carbons (Fsp3) is 0.656. The first-order chi connectivity index (χ1) is 20.2. The summed E-state index contributed by atoms with van der Waals surface area (Å²) in [5.74, 6) is -3.45. The Bertz CT molecular complexity index is 1060. The van der Waals surface area contributed by atoms with Crippen LogP contribution in [-0.2, 0) is 54.3 Å². The Hall–Kier alpha value is -3.47. The molecule has 242 valence electrons. The fourth-order valence-electron chi connectivity index (χ4n) is 3.57. The lowest BCUT2D eigenvalue weighted by atomic mass is 9.88. The van der Waals surface area contributed by atoms with Crippen molar-refractivity contribution in [1.82, 2.24) is 0 Å². The van der Waals surface area contributed by atoms with Crippen LogP contribution in [0.3, 0.4) is 0 Å². The van der Waals surface area contributed by atoms with Crippen LogP contribution < -0.4 is 0 Å². The van der Waals surface area contributed by atoms with E-state index in [-0.39, 0.29) is 45.2 Å². The highest BCUT2D eigenvalue weighted by atomic mass is 16.6. The molecule has 0 bridgehead atoms. The van der Waals surface area contributed by atoms with Crippen molar-refractivity contribution in [3.63, 3.8) is 0 Å². The third kappa shape index (κ3) is 12.7. The predicted molar refractivity (Wildman–Crippen MR) is 156 cm³/mol. The Balaban J connectivity index is 2.58. The van der Waals surface area contributed by atoms with Crippen LogP contribution in [0.4, 0.5) is 0 Å². The van der Waals surface area contributed by atoms with E-state index in [0.29, 0.717) is 19.3 Å². The summed E-state index contributed by atoms with van der Waals surface area (Å²) >= 11 is 0. The summed E-state index contributed by atoms with van der Waals surface area (Å²) in [7, 11) is 0. The molecule has 0 aliphatic carbocycles. The smallest absolute Gasteiger partial charge is 0.347 e. The molecule has 0 aromatic heterocycles. The first kappa shape index (κ1) is 37.6. The van der Waals surface area contributed by atoms with E-state index in [1.807, 2.05) is 37.3 Å². The zero-order valence-electron chi connectivity index (χ0n) is 26.5. The molecule has 0 radical (unpaired) electrons. The van der Waals surface area contributed by atoms with Gasteiger partial charge >= 0.3 is 29.8 Å². The van der Waals surface area contributed by atoms with E-state index < -0.39 is 52.9 Å². The molecule has 0 saturated carbocycles. The second kappa shape index (κ2) is 18.3. The van der Waals surface area contributed by atoms with Crippen molar-refractivity contribution in [2.75, 3.05) is 19.8 Å². The summed E-state index contributed by atoms with van der Waals surface area (Å²) < 4.78 is 26.4. The Morgan fingerprint density at radius 2 is 1.30 bits per heavy atom. The molecule has 0 fully saturated rings.